The fraction of sp³-hybridized carbons (Fsp3) is 0.0930. The van der Waals surface area contributed by atoms with Gasteiger partial charge in [-0.15, -0.1) is 5.10 Å². The van der Waals surface area contributed by atoms with Gasteiger partial charge in [-0.05, 0) is 49.9 Å². The van der Waals surface area contributed by atoms with Crippen molar-refractivity contribution in [3.63, 3.8) is 0 Å². The monoisotopic (exact) mass is 711 g/mol. The molecule has 6 aromatic carbocycles. The van der Waals surface area contributed by atoms with Gasteiger partial charge in [-0.25, -0.2) is 9.67 Å². The summed E-state index contributed by atoms with van der Waals surface area (Å²) in [5.41, 5.74) is 5.41. The van der Waals surface area contributed by atoms with E-state index in [0.29, 0.717) is 17.2 Å². The number of fused-ring (bicyclic) bond motifs is 1. The van der Waals surface area contributed by atoms with Crippen molar-refractivity contribution in [2.24, 2.45) is 0 Å². The lowest BCUT2D eigenvalue weighted by Crippen LogP contribution is -2.39. The van der Waals surface area contributed by atoms with E-state index in [2.05, 4.69) is 51.7 Å². The van der Waals surface area contributed by atoms with Gasteiger partial charge in [0.15, 0.2) is 5.82 Å². The third-order valence-electron chi connectivity index (χ3n) is 9.64. The van der Waals surface area contributed by atoms with Crippen molar-refractivity contribution in [1.29, 1.82) is 0 Å². The van der Waals surface area contributed by atoms with Crippen molar-refractivity contribution >= 4 is 16.6 Å². The van der Waals surface area contributed by atoms with Crippen molar-refractivity contribution in [3.05, 3.63) is 206 Å². The topological polar surface area (TPSA) is 131 Å². The molecule has 2 aromatic heterocycles. The number of non-ortho nitro benzene ring substituents is 1. The van der Waals surface area contributed by atoms with Crippen molar-refractivity contribution < 1.29 is 9.66 Å². The summed E-state index contributed by atoms with van der Waals surface area (Å²) in [6, 6.07) is 50.8. The first-order valence-electron chi connectivity index (χ1n) is 17.3. The van der Waals surface area contributed by atoms with Gasteiger partial charge in [0.05, 0.1) is 22.4 Å². The Morgan fingerprint density at radius 1 is 0.722 bits per heavy atom. The molecular weight excluding hydrogens is 679 g/mol. The molecule has 264 valence electrons. The Hall–Kier alpha value is -7.11. The summed E-state index contributed by atoms with van der Waals surface area (Å²) in [6.45, 7) is 0.288. The lowest BCUT2D eigenvalue weighted by Gasteiger charge is -2.36. The molecular formula is C43H33N7O4. The van der Waals surface area contributed by atoms with E-state index in [0.717, 1.165) is 38.9 Å². The number of hydrogen-bond acceptors (Lipinski definition) is 8. The molecule has 11 nitrogen and oxygen atoms in total. The lowest BCUT2D eigenvalue weighted by atomic mass is 9.77. The molecule has 0 fully saturated rings. The average Bonchev–Trinajstić information content (AvgIpc) is 3.71. The maximum Gasteiger partial charge on any atom is 0.270 e. The van der Waals surface area contributed by atoms with Gasteiger partial charge < -0.3 is 4.74 Å². The Morgan fingerprint density at radius 3 is 1.87 bits per heavy atom. The van der Waals surface area contributed by atoms with Gasteiger partial charge in [-0.3, -0.25) is 19.5 Å². The number of ether oxygens (including phenoxy) is 1. The summed E-state index contributed by atoms with van der Waals surface area (Å²) in [7, 11) is 1.53. The van der Waals surface area contributed by atoms with E-state index in [9.17, 15) is 14.9 Å². The predicted molar refractivity (Wildman–Crippen MR) is 206 cm³/mol. The van der Waals surface area contributed by atoms with Crippen LogP contribution in [0.3, 0.4) is 0 Å². The first-order chi connectivity index (χ1) is 26.5. The molecule has 0 aliphatic carbocycles. The van der Waals surface area contributed by atoms with E-state index in [1.807, 2.05) is 108 Å². The number of nitrogens with zero attached hydrogens (tertiary/aromatic N) is 7. The van der Waals surface area contributed by atoms with Gasteiger partial charge in [0, 0.05) is 24.8 Å². The van der Waals surface area contributed by atoms with E-state index < -0.39 is 10.5 Å². The number of rotatable bonds is 11. The highest BCUT2D eigenvalue weighted by molar-refractivity contribution is 5.82. The number of hydrogen-bond donors (Lipinski definition) is 0. The molecule has 11 heteroatoms. The Kier molecular flexibility index (Phi) is 9.12. The highest BCUT2D eigenvalue weighted by Gasteiger charge is 2.42. The standard InChI is InChI=1S/C43H33N7O4/c1-54-29-40-44-39-26-25-35(50(52)53)27-38(39)42(51)48(40)28-30-21-23-31(24-22-30)36-19-11-12-20-37(36)41-45-46-47-49(41)43(32-13-5-2-6-14-32,33-15-7-3-8-16-33)34-17-9-4-10-18-34/h2-27H,28-29H2,1H3. The quantitative estimate of drug-likeness (QED) is 0.0760. The zero-order valence-electron chi connectivity index (χ0n) is 29.2. The van der Waals surface area contributed by atoms with Crippen LogP contribution < -0.4 is 5.56 Å². The molecule has 0 saturated carbocycles. The summed E-state index contributed by atoms with van der Waals surface area (Å²) in [5, 5.41) is 25.3. The average molecular weight is 712 g/mol. The van der Waals surface area contributed by atoms with Crippen LogP contribution in [0, 0.1) is 10.1 Å². The van der Waals surface area contributed by atoms with Crippen LogP contribution in [0.25, 0.3) is 33.4 Å². The Labute approximate surface area is 309 Å². The molecule has 54 heavy (non-hydrogen) atoms. The summed E-state index contributed by atoms with van der Waals surface area (Å²) < 4.78 is 8.79. The Balaban J connectivity index is 1.23. The largest absolute Gasteiger partial charge is 0.377 e. The van der Waals surface area contributed by atoms with Gasteiger partial charge in [-0.1, -0.05) is 140 Å². The second kappa shape index (κ2) is 14.5. The normalized spacial score (nSPS) is 11.5. The van der Waals surface area contributed by atoms with E-state index in [4.69, 9.17) is 9.95 Å². The molecule has 0 aliphatic rings. The number of nitro groups is 1. The molecule has 0 aliphatic heterocycles. The van der Waals surface area contributed by atoms with E-state index in [-0.39, 0.29) is 29.8 Å². The summed E-state index contributed by atoms with van der Waals surface area (Å²) >= 11 is 0. The van der Waals surface area contributed by atoms with Crippen molar-refractivity contribution in [2.45, 2.75) is 18.7 Å². The SMILES string of the molecule is COCc1nc2ccc([N+](=O)[O-])cc2c(=O)n1Cc1ccc(-c2ccccc2-c2nnnn2C(c2ccccc2)(c2ccccc2)c2ccccc2)cc1. The van der Waals surface area contributed by atoms with Crippen LogP contribution in [0.5, 0.6) is 0 Å². The molecule has 0 unspecified atom stereocenters. The Morgan fingerprint density at radius 2 is 1.30 bits per heavy atom. The first kappa shape index (κ1) is 34.0. The molecule has 8 aromatic rings. The number of tetrazole rings is 1. The summed E-state index contributed by atoms with van der Waals surface area (Å²) in [4.78, 5) is 29.3. The van der Waals surface area contributed by atoms with Gasteiger partial charge in [-0.2, -0.15) is 0 Å². The van der Waals surface area contributed by atoms with Crippen LogP contribution in [0.1, 0.15) is 28.1 Å². The molecule has 0 N–H and O–H groups in total. The van der Waals surface area contributed by atoms with E-state index in [1.54, 1.807) is 0 Å². The van der Waals surface area contributed by atoms with Gasteiger partial charge >= 0.3 is 0 Å². The van der Waals surface area contributed by atoms with Crippen LogP contribution >= 0.6 is 0 Å². The minimum atomic E-state index is -0.916. The molecule has 0 spiro atoms. The Bertz CT molecular complexity index is 2550. The number of benzene rings is 6. The zero-order chi connectivity index (χ0) is 37.1. The second-order valence-electron chi connectivity index (χ2n) is 12.8. The van der Waals surface area contributed by atoms with E-state index >= 15 is 0 Å². The lowest BCUT2D eigenvalue weighted by molar-refractivity contribution is -0.384. The first-order valence-corrected chi connectivity index (χ1v) is 17.3. The van der Waals surface area contributed by atoms with Crippen LogP contribution in [0.15, 0.2) is 163 Å². The minimum Gasteiger partial charge on any atom is -0.377 e. The molecule has 8 rings (SSSR count). The van der Waals surface area contributed by atoms with Crippen molar-refractivity contribution in [2.75, 3.05) is 7.11 Å². The second-order valence-corrected chi connectivity index (χ2v) is 12.8. The molecule has 0 saturated heterocycles. The maximum atomic E-state index is 13.7. The molecule has 0 radical (unpaired) electrons. The van der Waals surface area contributed by atoms with Crippen LogP contribution in [0.4, 0.5) is 5.69 Å². The number of nitro benzene ring substituents is 1. The smallest absolute Gasteiger partial charge is 0.270 e. The van der Waals surface area contributed by atoms with Crippen molar-refractivity contribution in [3.8, 4) is 22.5 Å². The third kappa shape index (κ3) is 6.02. The molecule has 0 amide bonds. The van der Waals surface area contributed by atoms with E-state index in [1.165, 1.54) is 29.9 Å². The van der Waals surface area contributed by atoms with Crippen LogP contribution in [0.2, 0.25) is 0 Å². The van der Waals surface area contributed by atoms with Crippen LogP contribution in [-0.2, 0) is 23.4 Å². The van der Waals surface area contributed by atoms with Crippen molar-refractivity contribution in [1.82, 2.24) is 29.8 Å². The molecule has 0 bridgehead atoms. The molecule has 0 atom stereocenters. The predicted octanol–water partition coefficient (Wildman–Crippen LogP) is 7.66. The van der Waals surface area contributed by atoms with Gasteiger partial charge in [0.1, 0.15) is 18.0 Å². The summed E-state index contributed by atoms with van der Waals surface area (Å²) in [5.74, 6) is 1.00. The minimum absolute atomic E-state index is 0.0960. The zero-order valence-corrected chi connectivity index (χ0v) is 29.2. The fourth-order valence-electron chi connectivity index (χ4n) is 7.16. The summed E-state index contributed by atoms with van der Waals surface area (Å²) in [6.07, 6.45) is 0. The maximum absolute atomic E-state index is 13.7. The number of methoxy groups -OCH3 is 1. The fourth-order valence-corrected chi connectivity index (χ4v) is 7.16. The van der Waals surface area contributed by atoms with Crippen LogP contribution in [-0.4, -0.2) is 41.8 Å². The van der Waals surface area contributed by atoms with Gasteiger partial charge in [0.25, 0.3) is 11.2 Å². The number of aromatic nitrogens is 6. The molecule has 2 heterocycles. The highest BCUT2D eigenvalue weighted by Crippen LogP contribution is 2.43. The third-order valence-corrected chi connectivity index (χ3v) is 9.64. The highest BCUT2D eigenvalue weighted by atomic mass is 16.6. The van der Waals surface area contributed by atoms with Gasteiger partial charge in [0.2, 0.25) is 0 Å².